The molecule has 0 aliphatic heterocycles. The largest absolute Gasteiger partial charge is 0.152 e. The third-order valence-electron chi connectivity index (χ3n) is 0.178. The van der Waals surface area contributed by atoms with Crippen molar-refractivity contribution in [3.8, 4) is 0 Å². The third kappa shape index (κ3) is 4.93. The van der Waals surface area contributed by atoms with E-state index in [1.165, 1.54) is 11.8 Å². The Labute approximate surface area is 45.8 Å². The fourth-order valence-corrected chi connectivity index (χ4v) is 0. The van der Waals surface area contributed by atoms with Crippen LogP contribution < -0.4 is 0 Å². The summed E-state index contributed by atoms with van der Waals surface area (Å²) < 4.78 is -0.255. The Bertz CT molecular complexity index is 21.6. The van der Waals surface area contributed by atoms with Crippen molar-refractivity contribution in [3.05, 3.63) is 0 Å². The van der Waals surface area contributed by atoms with E-state index in [-0.39, 0.29) is 4.17 Å². The number of hydrogen-bond acceptors (Lipinski definition) is 1. The van der Waals surface area contributed by atoms with E-state index >= 15 is 0 Å². The number of hydrogen-bond donors (Lipinski definition) is 0. The summed E-state index contributed by atoms with van der Waals surface area (Å²) in [6.07, 6.45) is 1.85. The van der Waals surface area contributed by atoms with Crippen LogP contribution in [0, 0.1) is 0 Å². The summed E-state index contributed by atoms with van der Waals surface area (Å²) >= 11 is 11.8. The highest BCUT2D eigenvalue weighted by atomic mass is 35.5. The summed E-state index contributed by atoms with van der Waals surface area (Å²) in [5.41, 5.74) is 0. The minimum absolute atomic E-state index is 0.255. The molecule has 0 radical (unpaired) electrons. The van der Waals surface area contributed by atoms with Gasteiger partial charge in [0.1, 0.15) is 0 Å². The van der Waals surface area contributed by atoms with Crippen LogP contribution in [0.3, 0.4) is 0 Å². The molecule has 0 spiro atoms. The van der Waals surface area contributed by atoms with E-state index in [9.17, 15) is 0 Å². The van der Waals surface area contributed by atoms with E-state index in [1.54, 1.807) is 0 Å². The Kier molecular flexibility index (Phi) is 3.72. The van der Waals surface area contributed by atoms with Crippen molar-refractivity contribution in [1.29, 1.82) is 0 Å². The van der Waals surface area contributed by atoms with Gasteiger partial charge in [-0.25, -0.2) is 0 Å². The van der Waals surface area contributed by atoms with Gasteiger partial charge in [-0.1, -0.05) is 23.2 Å². The zero-order valence-corrected chi connectivity index (χ0v) is 5.07. The quantitative estimate of drug-likeness (QED) is 0.491. The van der Waals surface area contributed by atoms with E-state index in [1.807, 2.05) is 6.26 Å². The van der Waals surface area contributed by atoms with E-state index in [0.29, 0.717) is 0 Å². The number of alkyl halides is 2. The molecule has 0 amide bonds. The normalized spacial score (nSPS) is 9.60. The molecule has 0 aromatic heterocycles. The summed E-state index contributed by atoms with van der Waals surface area (Å²) in [5.74, 6) is 0. The summed E-state index contributed by atoms with van der Waals surface area (Å²) in [4.78, 5) is 0. The summed E-state index contributed by atoms with van der Waals surface area (Å²) in [5, 5.41) is 0. The monoisotopic (exact) mass is 130 g/mol. The molecule has 0 aromatic carbocycles. The second-order valence-corrected chi connectivity index (χ2v) is 3.05. The Hall–Kier alpha value is 0.930. The fourth-order valence-electron chi connectivity index (χ4n) is 0. The zero-order valence-electron chi connectivity index (χ0n) is 2.74. The molecule has 0 atom stereocenters. The molecule has 0 saturated heterocycles. The van der Waals surface area contributed by atoms with Gasteiger partial charge in [0, 0.05) is 0 Å². The first-order chi connectivity index (χ1) is 2.27. The van der Waals surface area contributed by atoms with Gasteiger partial charge >= 0.3 is 0 Å². The van der Waals surface area contributed by atoms with Gasteiger partial charge < -0.3 is 0 Å². The molecule has 0 fully saturated rings. The standard InChI is InChI=1S/C2H4Cl2S/c1-5-2(3)4/h2H,1H3. The first kappa shape index (κ1) is 5.93. The molecule has 0 N–H and O–H groups in total. The van der Waals surface area contributed by atoms with Crippen molar-refractivity contribution in [1.82, 2.24) is 0 Å². The molecule has 32 valence electrons. The van der Waals surface area contributed by atoms with Gasteiger partial charge in [-0.15, -0.1) is 11.8 Å². The lowest BCUT2D eigenvalue weighted by atomic mass is 11.9. The Balaban J connectivity index is 2.54. The molecular weight excluding hydrogens is 127 g/mol. The van der Waals surface area contributed by atoms with Crippen LogP contribution in [-0.2, 0) is 0 Å². The minimum atomic E-state index is -0.255. The molecule has 0 unspecified atom stereocenters. The van der Waals surface area contributed by atoms with Crippen LogP contribution in [0.15, 0.2) is 0 Å². The number of thioether (sulfide) groups is 1. The number of halogens is 2. The molecule has 0 aliphatic rings. The molecule has 0 bridgehead atoms. The van der Waals surface area contributed by atoms with Crippen molar-refractivity contribution in [2.24, 2.45) is 0 Å². The maximum absolute atomic E-state index is 5.19. The van der Waals surface area contributed by atoms with Crippen molar-refractivity contribution >= 4 is 35.0 Å². The van der Waals surface area contributed by atoms with Crippen LogP contribution in [0.5, 0.6) is 0 Å². The molecule has 0 aromatic rings. The fraction of sp³-hybridized carbons (Fsp3) is 1.00. The third-order valence-corrected chi connectivity index (χ3v) is 1.60. The number of rotatable bonds is 1. The van der Waals surface area contributed by atoms with Crippen LogP contribution in [0.1, 0.15) is 0 Å². The van der Waals surface area contributed by atoms with Crippen molar-refractivity contribution in [2.45, 2.75) is 4.17 Å². The highest BCUT2D eigenvalue weighted by Gasteiger charge is 1.86. The maximum Gasteiger partial charge on any atom is 0.152 e. The van der Waals surface area contributed by atoms with Gasteiger partial charge in [-0.3, -0.25) is 0 Å². The lowest BCUT2D eigenvalue weighted by Gasteiger charge is -1.84. The van der Waals surface area contributed by atoms with Crippen molar-refractivity contribution in [3.63, 3.8) is 0 Å². The highest BCUT2D eigenvalue weighted by molar-refractivity contribution is 8.01. The van der Waals surface area contributed by atoms with Gasteiger partial charge in [0.15, 0.2) is 4.17 Å². The van der Waals surface area contributed by atoms with E-state index in [2.05, 4.69) is 0 Å². The summed E-state index contributed by atoms with van der Waals surface area (Å²) in [6, 6.07) is 0. The van der Waals surface area contributed by atoms with Gasteiger partial charge in [0.2, 0.25) is 0 Å². The molecule has 5 heavy (non-hydrogen) atoms. The van der Waals surface area contributed by atoms with Crippen molar-refractivity contribution < 1.29 is 0 Å². The van der Waals surface area contributed by atoms with E-state index in [4.69, 9.17) is 23.2 Å². The second kappa shape index (κ2) is 3.13. The molecule has 3 heteroatoms. The summed E-state index contributed by atoms with van der Waals surface area (Å²) in [6.45, 7) is 0. The van der Waals surface area contributed by atoms with Crippen LogP contribution in [0.2, 0.25) is 0 Å². The first-order valence-electron chi connectivity index (χ1n) is 1.08. The van der Waals surface area contributed by atoms with Crippen molar-refractivity contribution in [2.75, 3.05) is 6.26 Å². The first-order valence-corrected chi connectivity index (χ1v) is 3.24. The van der Waals surface area contributed by atoms with Crippen LogP contribution >= 0.6 is 35.0 Å². The van der Waals surface area contributed by atoms with Gasteiger partial charge in [0.25, 0.3) is 0 Å². The Morgan fingerprint density at radius 2 is 1.80 bits per heavy atom. The molecule has 0 nitrogen and oxygen atoms in total. The summed E-state index contributed by atoms with van der Waals surface area (Å²) in [7, 11) is 0. The van der Waals surface area contributed by atoms with Crippen LogP contribution in [0.4, 0.5) is 0 Å². The minimum Gasteiger partial charge on any atom is -0.130 e. The second-order valence-electron chi connectivity index (χ2n) is 0.496. The molecule has 0 heterocycles. The van der Waals surface area contributed by atoms with E-state index < -0.39 is 0 Å². The average molecular weight is 131 g/mol. The predicted octanol–water partition coefficient (Wildman–Crippen LogP) is 2.11. The average Bonchev–Trinajstić information content (AvgIpc) is 1.38. The lowest BCUT2D eigenvalue weighted by Crippen LogP contribution is -1.67. The predicted molar refractivity (Wildman–Crippen MR) is 29.0 cm³/mol. The van der Waals surface area contributed by atoms with Crippen LogP contribution in [-0.4, -0.2) is 10.4 Å². The highest BCUT2D eigenvalue weighted by Crippen LogP contribution is 2.13. The Morgan fingerprint density at radius 3 is 1.80 bits per heavy atom. The van der Waals surface area contributed by atoms with Crippen LogP contribution in [0.25, 0.3) is 0 Å². The molecule has 0 rings (SSSR count). The zero-order chi connectivity index (χ0) is 4.28. The topological polar surface area (TPSA) is 0 Å². The molecule has 0 saturated carbocycles. The van der Waals surface area contributed by atoms with Gasteiger partial charge in [-0.2, -0.15) is 0 Å². The molecular formula is C2H4Cl2S. The lowest BCUT2D eigenvalue weighted by molar-refractivity contribution is 1.98. The van der Waals surface area contributed by atoms with E-state index in [0.717, 1.165) is 0 Å². The smallest absolute Gasteiger partial charge is 0.130 e. The maximum atomic E-state index is 5.19. The van der Waals surface area contributed by atoms with Gasteiger partial charge in [-0.05, 0) is 6.26 Å². The molecule has 0 aliphatic carbocycles. The Morgan fingerprint density at radius 1 is 1.60 bits per heavy atom. The SMILES string of the molecule is CSC(Cl)Cl. The van der Waals surface area contributed by atoms with Gasteiger partial charge in [0.05, 0.1) is 0 Å².